The van der Waals surface area contributed by atoms with Crippen molar-refractivity contribution in [1.82, 2.24) is 4.90 Å². The molecule has 1 amide bonds. The Morgan fingerprint density at radius 2 is 1.79 bits per heavy atom. The standard InChI is InChI=1S/C23H23NO5/c1-27-22(25)20-13-18(17-10-6-3-7-11-17)14-21(29-20)24-19(15-28-23(24)26)12-16-8-4-2-5-9-16/h2-11,13,18-19,21H,12,14-15H2,1H3/t18-,19+,21+/m0/s1. The molecule has 6 heteroatoms. The fraction of sp³-hybridized carbons (Fsp3) is 0.304. The van der Waals surface area contributed by atoms with Crippen molar-refractivity contribution in [2.45, 2.75) is 31.0 Å². The van der Waals surface area contributed by atoms with Crippen molar-refractivity contribution in [1.29, 1.82) is 0 Å². The lowest BCUT2D eigenvalue weighted by atomic mass is 9.91. The largest absolute Gasteiger partial charge is 0.463 e. The molecule has 4 rings (SSSR count). The van der Waals surface area contributed by atoms with Crippen LogP contribution in [0.1, 0.15) is 23.5 Å². The van der Waals surface area contributed by atoms with Gasteiger partial charge < -0.3 is 14.2 Å². The van der Waals surface area contributed by atoms with E-state index in [4.69, 9.17) is 14.2 Å². The molecular weight excluding hydrogens is 370 g/mol. The van der Waals surface area contributed by atoms with Gasteiger partial charge in [0.2, 0.25) is 5.76 Å². The van der Waals surface area contributed by atoms with E-state index >= 15 is 0 Å². The summed E-state index contributed by atoms with van der Waals surface area (Å²) in [5.74, 6) is -0.506. The van der Waals surface area contributed by atoms with Gasteiger partial charge in [-0.1, -0.05) is 60.7 Å². The maximum Gasteiger partial charge on any atom is 0.413 e. The van der Waals surface area contributed by atoms with E-state index in [2.05, 4.69) is 0 Å². The first-order valence-corrected chi connectivity index (χ1v) is 9.66. The van der Waals surface area contributed by atoms with Crippen LogP contribution in [-0.4, -0.2) is 42.9 Å². The lowest BCUT2D eigenvalue weighted by molar-refractivity contribution is -0.144. The van der Waals surface area contributed by atoms with E-state index in [0.717, 1.165) is 11.1 Å². The number of carbonyl (C=O) groups is 2. The summed E-state index contributed by atoms with van der Waals surface area (Å²) >= 11 is 0. The Labute approximate surface area is 169 Å². The summed E-state index contributed by atoms with van der Waals surface area (Å²) in [7, 11) is 1.32. The first-order chi connectivity index (χ1) is 14.2. The second-order valence-electron chi connectivity index (χ2n) is 7.18. The molecule has 0 unspecified atom stereocenters. The Kier molecular flexibility index (Phi) is 5.51. The maximum absolute atomic E-state index is 12.6. The van der Waals surface area contributed by atoms with Crippen LogP contribution in [0.4, 0.5) is 4.79 Å². The summed E-state index contributed by atoms with van der Waals surface area (Å²) in [4.78, 5) is 26.4. The molecule has 0 spiro atoms. The van der Waals surface area contributed by atoms with Crippen LogP contribution in [0, 0.1) is 0 Å². The Hall–Kier alpha value is -3.28. The van der Waals surface area contributed by atoms with Crippen molar-refractivity contribution < 1.29 is 23.8 Å². The van der Waals surface area contributed by atoms with Crippen LogP contribution in [0.15, 0.2) is 72.5 Å². The summed E-state index contributed by atoms with van der Waals surface area (Å²) in [5, 5.41) is 0. The van der Waals surface area contributed by atoms with E-state index < -0.39 is 18.3 Å². The number of rotatable bonds is 5. The van der Waals surface area contributed by atoms with E-state index in [1.54, 1.807) is 11.0 Å². The number of methoxy groups -OCH3 is 1. The molecular formula is C23H23NO5. The number of amides is 1. The first kappa shape index (κ1) is 19.1. The number of ether oxygens (including phenoxy) is 3. The fourth-order valence-corrected chi connectivity index (χ4v) is 3.89. The van der Waals surface area contributed by atoms with E-state index in [1.165, 1.54) is 7.11 Å². The van der Waals surface area contributed by atoms with E-state index in [-0.39, 0.29) is 17.7 Å². The van der Waals surface area contributed by atoms with Crippen molar-refractivity contribution in [3.05, 3.63) is 83.6 Å². The minimum absolute atomic E-state index is 0.0742. The van der Waals surface area contributed by atoms with Crippen LogP contribution < -0.4 is 0 Å². The van der Waals surface area contributed by atoms with Crippen LogP contribution in [0.25, 0.3) is 0 Å². The molecule has 1 saturated heterocycles. The molecule has 0 aliphatic carbocycles. The Morgan fingerprint density at radius 3 is 2.48 bits per heavy atom. The zero-order valence-corrected chi connectivity index (χ0v) is 16.2. The monoisotopic (exact) mass is 393 g/mol. The number of benzene rings is 2. The summed E-state index contributed by atoms with van der Waals surface area (Å²) in [6.45, 7) is 0.293. The lowest BCUT2D eigenvalue weighted by Crippen LogP contribution is -2.46. The predicted molar refractivity (Wildman–Crippen MR) is 106 cm³/mol. The fourth-order valence-electron chi connectivity index (χ4n) is 3.89. The summed E-state index contributed by atoms with van der Waals surface area (Å²) in [6, 6.07) is 19.6. The molecule has 2 aromatic carbocycles. The van der Waals surface area contributed by atoms with Crippen LogP contribution in [0.2, 0.25) is 0 Å². The molecule has 0 N–H and O–H groups in total. The topological polar surface area (TPSA) is 65.1 Å². The third kappa shape index (κ3) is 4.11. The molecule has 0 bridgehead atoms. The number of hydrogen-bond donors (Lipinski definition) is 0. The van der Waals surface area contributed by atoms with Gasteiger partial charge in [0.15, 0.2) is 6.23 Å². The first-order valence-electron chi connectivity index (χ1n) is 9.66. The maximum atomic E-state index is 12.6. The van der Waals surface area contributed by atoms with Gasteiger partial charge in [-0.2, -0.15) is 0 Å². The highest BCUT2D eigenvalue weighted by molar-refractivity contribution is 5.86. The quantitative estimate of drug-likeness (QED) is 0.726. The highest BCUT2D eigenvalue weighted by atomic mass is 16.6. The van der Waals surface area contributed by atoms with Gasteiger partial charge in [-0.15, -0.1) is 0 Å². The Bertz CT molecular complexity index is 896. The van der Waals surface area contributed by atoms with Gasteiger partial charge in [-0.3, -0.25) is 4.90 Å². The number of cyclic esters (lactones) is 1. The van der Waals surface area contributed by atoms with Crippen molar-refractivity contribution in [2.75, 3.05) is 13.7 Å². The number of nitrogens with zero attached hydrogens (tertiary/aromatic N) is 1. The average Bonchev–Trinajstić information content (AvgIpc) is 3.14. The smallest absolute Gasteiger partial charge is 0.413 e. The molecule has 2 aliphatic rings. The van der Waals surface area contributed by atoms with Crippen LogP contribution in [0.3, 0.4) is 0 Å². The predicted octanol–water partition coefficient (Wildman–Crippen LogP) is 3.64. The van der Waals surface area contributed by atoms with Crippen LogP contribution in [0.5, 0.6) is 0 Å². The van der Waals surface area contributed by atoms with Crippen LogP contribution in [-0.2, 0) is 25.4 Å². The van der Waals surface area contributed by atoms with Gasteiger partial charge in [0, 0.05) is 12.3 Å². The minimum Gasteiger partial charge on any atom is -0.463 e. The summed E-state index contributed by atoms with van der Waals surface area (Å²) in [6.07, 6.45) is 1.92. The molecule has 0 aromatic heterocycles. The highest BCUT2D eigenvalue weighted by Gasteiger charge is 2.42. The minimum atomic E-state index is -0.608. The van der Waals surface area contributed by atoms with Crippen molar-refractivity contribution in [3.63, 3.8) is 0 Å². The molecule has 2 heterocycles. The Balaban J connectivity index is 1.61. The van der Waals surface area contributed by atoms with Gasteiger partial charge in [0.05, 0.1) is 13.2 Å². The van der Waals surface area contributed by atoms with Crippen molar-refractivity contribution in [2.24, 2.45) is 0 Å². The lowest BCUT2D eigenvalue weighted by Gasteiger charge is -2.36. The summed E-state index contributed by atoms with van der Waals surface area (Å²) in [5.41, 5.74) is 2.16. The third-order valence-corrected chi connectivity index (χ3v) is 5.31. The molecule has 150 valence electrons. The highest BCUT2D eigenvalue weighted by Crippen LogP contribution is 2.35. The molecule has 2 aromatic rings. The SMILES string of the molecule is COC(=O)C1=C[C@H](c2ccccc2)C[C@H](N2C(=O)OC[C@H]2Cc2ccccc2)O1. The normalized spacial score (nSPS) is 23.8. The third-order valence-electron chi connectivity index (χ3n) is 5.31. The molecule has 0 radical (unpaired) electrons. The molecule has 29 heavy (non-hydrogen) atoms. The number of hydrogen-bond acceptors (Lipinski definition) is 5. The number of esters is 1. The van der Waals surface area contributed by atoms with Gasteiger partial charge in [0.1, 0.15) is 6.61 Å². The number of allylic oxidation sites excluding steroid dienone is 1. The van der Waals surface area contributed by atoms with E-state index in [1.807, 2.05) is 60.7 Å². The zero-order chi connectivity index (χ0) is 20.2. The second-order valence-corrected chi connectivity index (χ2v) is 7.18. The van der Waals surface area contributed by atoms with Gasteiger partial charge >= 0.3 is 12.1 Å². The number of carbonyl (C=O) groups excluding carboxylic acids is 2. The van der Waals surface area contributed by atoms with E-state index in [0.29, 0.717) is 19.4 Å². The van der Waals surface area contributed by atoms with Crippen LogP contribution >= 0.6 is 0 Å². The zero-order valence-electron chi connectivity index (χ0n) is 16.2. The van der Waals surface area contributed by atoms with Gasteiger partial charge in [-0.05, 0) is 23.6 Å². The summed E-state index contributed by atoms with van der Waals surface area (Å²) < 4.78 is 16.1. The second kappa shape index (κ2) is 8.39. The van der Waals surface area contributed by atoms with E-state index in [9.17, 15) is 9.59 Å². The van der Waals surface area contributed by atoms with Crippen molar-refractivity contribution >= 4 is 12.1 Å². The molecule has 2 aliphatic heterocycles. The van der Waals surface area contributed by atoms with Gasteiger partial charge in [-0.25, -0.2) is 9.59 Å². The molecule has 3 atom stereocenters. The molecule has 6 nitrogen and oxygen atoms in total. The van der Waals surface area contributed by atoms with Crippen molar-refractivity contribution in [3.8, 4) is 0 Å². The average molecular weight is 393 g/mol. The Morgan fingerprint density at radius 1 is 1.10 bits per heavy atom. The molecule has 1 fully saturated rings. The van der Waals surface area contributed by atoms with Gasteiger partial charge in [0.25, 0.3) is 0 Å². The molecule has 0 saturated carbocycles.